The molecule has 4 aromatic rings. The zero-order valence-corrected chi connectivity index (χ0v) is 21.4. The summed E-state index contributed by atoms with van der Waals surface area (Å²) < 4.78 is 14.4. The number of benzene rings is 2. The van der Waals surface area contributed by atoms with Crippen LogP contribution in [0.25, 0.3) is 11.4 Å². The fourth-order valence-corrected chi connectivity index (χ4v) is 5.08. The van der Waals surface area contributed by atoms with E-state index >= 15 is 0 Å². The molecule has 8 nitrogen and oxygen atoms in total. The summed E-state index contributed by atoms with van der Waals surface area (Å²) in [5.41, 5.74) is 1.46. The van der Waals surface area contributed by atoms with Gasteiger partial charge in [-0.05, 0) is 61.6 Å². The smallest absolute Gasteiger partial charge is 0.257 e. The van der Waals surface area contributed by atoms with E-state index in [1.54, 1.807) is 18.3 Å². The Bertz CT molecular complexity index is 1360. The van der Waals surface area contributed by atoms with Crippen LogP contribution >= 0.6 is 11.3 Å². The number of anilines is 1. The number of hydrogen-bond donors (Lipinski definition) is 1. The highest BCUT2D eigenvalue weighted by molar-refractivity contribution is 7.13. The van der Waals surface area contributed by atoms with E-state index in [2.05, 4.69) is 25.1 Å². The van der Waals surface area contributed by atoms with E-state index in [0.29, 0.717) is 34.6 Å². The van der Waals surface area contributed by atoms with Crippen LogP contribution in [0, 0.1) is 5.92 Å². The molecule has 0 radical (unpaired) electrons. The van der Waals surface area contributed by atoms with Crippen molar-refractivity contribution in [3.8, 4) is 28.6 Å². The van der Waals surface area contributed by atoms with E-state index in [1.807, 2.05) is 35.7 Å². The van der Waals surface area contributed by atoms with Gasteiger partial charge in [0.05, 0.1) is 6.61 Å². The summed E-state index contributed by atoms with van der Waals surface area (Å²) in [4.78, 5) is 17.1. The quantitative estimate of drug-likeness (QED) is 0.279. The van der Waals surface area contributed by atoms with Crippen molar-refractivity contribution in [2.45, 2.75) is 51.5 Å². The van der Waals surface area contributed by atoms with Gasteiger partial charge in [0.25, 0.3) is 5.91 Å². The third-order valence-corrected chi connectivity index (χ3v) is 7.43. The lowest BCUT2D eigenvalue weighted by Crippen LogP contribution is -2.12. The summed E-state index contributed by atoms with van der Waals surface area (Å²) in [6, 6.07) is 13.2. The number of amides is 1. The van der Waals surface area contributed by atoms with Gasteiger partial charge in [0, 0.05) is 41.7 Å². The molecule has 2 aliphatic rings. The van der Waals surface area contributed by atoms with Crippen LogP contribution < -0.4 is 14.8 Å². The van der Waals surface area contributed by atoms with Gasteiger partial charge in [-0.25, -0.2) is 4.98 Å². The Labute approximate surface area is 219 Å². The molecule has 9 heteroatoms. The molecule has 0 atom stereocenters. The van der Waals surface area contributed by atoms with Gasteiger partial charge in [0.2, 0.25) is 0 Å². The molecule has 1 saturated carbocycles. The average Bonchev–Trinajstić information content (AvgIpc) is 3.52. The summed E-state index contributed by atoms with van der Waals surface area (Å²) in [6.07, 6.45) is 9.76. The van der Waals surface area contributed by atoms with E-state index in [9.17, 15) is 4.79 Å². The Morgan fingerprint density at radius 1 is 1.03 bits per heavy atom. The SMILES string of the molecule is O=C(Nc1nccs1)c1cc(OCCC2CC2)cc(Oc2ccc(-c3nnc4n3CCCCC4)cc2)c1. The second-order valence-corrected chi connectivity index (χ2v) is 10.5. The maximum atomic E-state index is 12.9. The van der Waals surface area contributed by atoms with Crippen LogP contribution in [0.15, 0.2) is 54.0 Å². The van der Waals surface area contributed by atoms with Crippen molar-refractivity contribution in [1.29, 1.82) is 0 Å². The first-order chi connectivity index (χ1) is 18.2. The van der Waals surface area contributed by atoms with Crippen molar-refractivity contribution < 1.29 is 14.3 Å². The molecule has 0 bridgehead atoms. The number of hydrogen-bond acceptors (Lipinski definition) is 7. The number of carbonyl (C=O) groups is 1. The number of thiazole rings is 1. The fraction of sp³-hybridized carbons (Fsp3) is 0.357. The highest BCUT2D eigenvalue weighted by Gasteiger charge is 2.21. The third-order valence-electron chi connectivity index (χ3n) is 6.74. The second kappa shape index (κ2) is 10.7. The normalized spacial score (nSPS) is 15.0. The number of nitrogens with one attached hydrogen (secondary N) is 1. The van der Waals surface area contributed by atoms with Gasteiger partial charge in [-0.15, -0.1) is 21.5 Å². The Morgan fingerprint density at radius 2 is 1.89 bits per heavy atom. The van der Waals surface area contributed by atoms with Gasteiger partial charge < -0.3 is 14.0 Å². The predicted molar refractivity (Wildman–Crippen MR) is 142 cm³/mol. The Hall–Kier alpha value is -3.72. The first-order valence-corrected chi connectivity index (χ1v) is 13.8. The molecule has 1 fully saturated rings. The zero-order chi connectivity index (χ0) is 25.0. The molecule has 1 aliphatic carbocycles. The molecule has 0 saturated heterocycles. The third kappa shape index (κ3) is 5.83. The van der Waals surface area contributed by atoms with Crippen molar-refractivity contribution in [3.05, 3.63) is 65.4 Å². The molecule has 0 spiro atoms. The Balaban J connectivity index is 1.20. The first kappa shape index (κ1) is 23.7. The molecule has 2 aromatic heterocycles. The topological polar surface area (TPSA) is 91.2 Å². The van der Waals surface area contributed by atoms with Crippen LogP contribution in [0.4, 0.5) is 5.13 Å². The minimum atomic E-state index is -0.254. The maximum Gasteiger partial charge on any atom is 0.257 e. The van der Waals surface area contributed by atoms with E-state index in [-0.39, 0.29) is 5.91 Å². The van der Waals surface area contributed by atoms with Crippen molar-refractivity contribution in [2.75, 3.05) is 11.9 Å². The standard InChI is InChI=1S/C28H29N5O3S/c34-27(30-28-29-12-15-37-28)21-16-23(35-14-11-19-5-6-19)18-24(17-21)36-22-9-7-20(8-10-22)26-32-31-25-4-2-1-3-13-33(25)26/h7-10,12,15-19H,1-6,11,13-14H2,(H,29,30,34). The number of nitrogens with zero attached hydrogens (tertiary/aromatic N) is 4. The molecule has 2 aromatic carbocycles. The van der Waals surface area contributed by atoms with E-state index in [4.69, 9.17) is 9.47 Å². The van der Waals surface area contributed by atoms with Crippen LogP contribution in [-0.4, -0.2) is 32.3 Å². The summed E-state index contributed by atoms with van der Waals surface area (Å²) in [6.45, 7) is 1.58. The molecule has 3 heterocycles. The van der Waals surface area contributed by atoms with Crippen molar-refractivity contribution in [3.63, 3.8) is 0 Å². The van der Waals surface area contributed by atoms with Crippen LogP contribution in [-0.2, 0) is 13.0 Å². The van der Waals surface area contributed by atoms with Gasteiger partial charge in [0.15, 0.2) is 11.0 Å². The summed E-state index contributed by atoms with van der Waals surface area (Å²) >= 11 is 1.37. The predicted octanol–water partition coefficient (Wildman–Crippen LogP) is 6.35. The number of fused-ring (bicyclic) bond motifs is 1. The van der Waals surface area contributed by atoms with E-state index in [0.717, 1.165) is 55.4 Å². The van der Waals surface area contributed by atoms with Gasteiger partial charge in [-0.1, -0.05) is 19.3 Å². The molecule has 1 aliphatic heterocycles. The number of ether oxygens (including phenoxy) is 2. The van der Waals surface area contributed by atoms with Crippen LogP contribution in [0.1, 0.15) is 54.7 Å². The number of carbonyl (C=O) groups excluding carboxylic acids is 1. The monoisotopic (exact) mass is 515 g/mol. The van der Waals surface area contributed by atoms with Crippen molar-refractivity contribution in [2.24, 2.45) is 5.92 Å². The molecule has 37 heavy (non-hydrogen) atoms. The van der Waals surface area contributed by atoms with E-state index in [1.165, 1.54) is 30.6 Å². The average molecular weight is 516 g/mol. The lowest BCUT2D eigenvalue weighted by Gasteiger charge is -2.13. The van der Waals surface area contributed by atoms with Crippen LogP contribution in [0.2, 0.25) is 0 Å². The number of rotatable bonds is 9. The van der Waals surface area contributed by atoms with Gasteiger partial charge in [0.1, 0.15) is 23.1 Å². The van der Waals surface area contributed by atoms with Crippen LogP contribution in [0.3, 0.4) is 0 Å². The highest BCUT2D eigenvalue weighted by atomic mass is 32.1. The Kier molecular flexibility index (Phi) is 6.86. The number of aromatic nitrogens is 4. The summed E-state index contributed by atoms with van der Waals surface area (Å²) in [5, 5.41) is 14.1. The minimum Gasteiger partial charge on any atom is -0.493 e. The molecule has 190 valence electrons. The van der Waals surface area contributed by atoms with Crippen molar-refractivity contribution in [1.82, 2.24) is 19.7 Å². The van der Waals surface area contributed by atoms with Gasteiger partial charge in [-0.3, -0.25) is 10.1 Å². The summed E-state index contributed by atoms with van der Waals surface area (Å²) in [5.74, 6) is 4.30. The summed E-state index contributed by atoms with van der Waals surface area (Å²) in [7, 11) is 0. The molecular formula is C28H29N5O3S. The lowest BCUT2D eigenvalue weighted by molar-refractivity contribution is 0.102. The molecule has 6 rings (SSSR count). The molecular weight excluding hydrogens is 486 g/mol. The van der Waals surface area contributed by atoms with Crippen molar-refractivity contribution >= 4 is 22.4 Å². The van der Waals surface area contributed by atoms with Crippen LogP contribution in [0.5, 0.6) is 17.2 Å². The number of aryl methyl sites for hydroxylation is 1. The van der Waals surface area contributed by atoms with Gasteiger partial charge >= 0.3 is 0 Å². The highest BCUT2D eigenvalue weighted by Crippen LogP contribution is 2.33. The molecule has 1 N–H and O–H groups in total. The lowest BCUT2D eigenvalue weighted by atomic mass is 10.1. The minimum absolute atomic E-state index is 0.254. The Morgan fingerprint density at radius 3 is 2.70 bits per heavy atom. The molecule has 0 unspecified atom stereocenters. The largest absolute Gasteiger partial charge is 0.493 e. The van der Waals surface area contributed by atoms with Gasteiger partial charge in [-0.2, -0.15) is 0 Å². The fourth-order valence-electron chi connectivity index (χ4n) is 4.56. The second-order valence-electron chi connectivity index (χ2n) is 9.59. The zero-order valence-electron chi connectivity index (χ0n) is 20.6. The van der Waals surface area contributed by atoms with E-state index < -0.39 is 0 Å². The maximum absolute atomic E-state index is 12.9. The molecule has 1 amide bonds. The first-order valence-electron chi connectivity index (χ1n) is 12.9.